The second kappa shape index (κ2) is 4.40. The number of nitrogens with zero attached hydrogens (tertiary/aromatic N) is 1. The van der Waals surface area contributed by atoms with E-state index in [-0.39, 0.29) is 13.1 Å². The maximum Gasteiger partial charge on any atom is 0.307 e. The molecular weight excluding hydrogens is 262 g/mol. The molecule has 0 bridgehead atoms. The molecule has 5 nitrogen and oxygen atoms in total. The molecule has 0 spiro atoms. The molecule has 0 radical (unpaired) electrons. The predicted molar refractivity (Wildman–Crippen MR) is 63.6 cm³/mol. The summed E-state index contributed by atoms with van der Waals surface area (Å²) >= 11 is 1.21. The first-order valence-electron chi connectivity index (χ1n) is 5.20. The highest BCUT2D eigenvalue weighted by Crippen LogP contribution is 2.28. The Hall–Kier alpha value is -0.920. The van der Waals surface area contributed by atoms with Crippen molar-refractivity contribution in [2.75, 3.05) is 13.1 Å². The molecular formula is C10H13NO4S2. The number of hydrogen-bond acceptors (Lipinski definition) is 4. The van der Waals surface area contributed by atoms with E-state index in [9.17, 15) is 13.2 Å². The molecule has 1 atom stereocenters. The van der Waals surface area contributed by atoms with Crippen LogP contribution in [0.5, 0.6) is 0 Å². The third-order valence-corrected chi connectivity index (χ3v) is 6.14. The second-order valence-electron chi connectivity index (χ2n) is 4.05. The average Bonchev–Trinajstić information content (AvgIpc) is 2.85. The lowest BCUT2D eigenvalue weighted by atomic mass is 10.1. The van der Waals surface area contributed by atoms with Gasteiger partial charge in [-0.25, -0.2) is 8.42 Å². The van der Waals surface area contributed by atoms with Crippen molar-refractivity contribution >= 4 is 27.3 Å². The molecule has 1 aliphatic rings. The normalized spacial score (nSPS) is 21.8. The number of sulfonamides is 1. The number of carbonyl (C=O) groups is 1. The van der Waals surface area contributed by atoms with Gasteiger partial charge in [-0.15, -0.1) is 11.3 Å². The summed E-state index contributed by atoms with van der Waals surface area (Å²) in [4.78, 5) is 11.7. The Morgan fingerprint density at radius 2 is 2.24 bits per heavy atom. The Morgan fingerprint density at radius 3 is 2.71 bits per heavy atom. The molecule has 0 aromatic carbocycles. The van der Waals surface area contributed by atoms with Crippen LogP contribution in [-0.4, -0.2) is 36.9 Å². The fourth-order valence-electron chi connectivity index (χ4n) is 1.83. The second-order valence-corrected chi connectivity index (χ2v) is 7.50. The number of thiophene rings is 1. The maximum atomic E-state index is 12.2. The van der Waals surface area contributed by atoms with E-state index in [1.807, 2.05) is 6.92 Å². The van der Waals surface area contributed by atoms with Gasteiger partial charge in [0.15, 0.2) is 0 Å². The van der Waals surface area contributed by atoms with Gasteiger partial charge in [-0.3, -0.25) is 4.79 Å². The monoisotopic (exact) mass is 275 g/mol. The minimum Gasteiger partial charge on any atom is -0.481 e. The summed E-state index contributed by atoms with van der Waals surface area (Å²) in [6.07, 6.45) is 0.388. The van der Waals surface area contributed by atoms with Crippen molar-refractivity contribution in [2.24, 2.45) is 5.92 Å². The SMILES string of the molecule is Cc1ccc(S(=O)(=O)N2CCC(C(=O)O)C2)s1. The average molecular weight is 275 g/mol. The van der Waals surface area contributed by atoms with E-state index >= 15 is 0 Å². The Labute approximate surface area is 104 Å². The topological polar surface area (TPSA) is 74.7 Å². The zero-order valence-corrected chi connectivity index (χ0v) is 10.9. The third-order valence-electron chi connectivity index (χ3n) is 2.81. The van der Waals surface area contributed by atoms with Crippen LogP contribution < -0.4 is 0 Å². The number of aryl methyl sites for hydroxylation is 1. The van der Waals surface area contributed by atoms with Crippen LogP contribution in [0.2, 0.25) is 0 Å². The highest BCUT2D eigenvalue weighted by Gasteiger charge is 2.36. The van der Waals surface area contributed by atoms with Gasteiger partial charge in [0.2, 0.25) is 0 Å². The first kappa shape index (κ1) is 12.5. The maximum absolute atomic E-state index is 12.2. The lowest BCUT2D eigenvalue weighted by Crippen LogP contribution is -2.29. The van der Waals surface area contributed by atoms with Crippen molar-refractivity contribution in [1.29, 1.82) is 0 Å². The van der Waals surface area contributed by atoms with Crippen molar-refractivity contribution < 1.29 is 18.3 Å². The summed E-state index contributed by atoms with van der Waals surface area (Å²) in [6.45, 7) is 2.21. The van der Waals surface area contributed by atoms with Crippen molar-refractivity contribution in [2.45, 2.75) is 17.6 Å². The van der Waals surface area contributed by atoms with Crippen molar-refractivity contribution in [3.8, 4) is 0 Å². The van der Waals surface area contributed by atoms with Crippen LogP contribution in [0.25, 0.3) is 0 Å². The quantitative estimate of drug-likeness (QED) is 0.898. The first-order valence-corrected chi connectivity index (χ1v) is 7.46. The van der Waals surface area contributed by atoms with Gasteiger partial charge in [0.1, 0.15) is 4.21 Å². The summed E-state index contributed by atoms with van der Waals surface area (Å²) in [5, 5.41) is 8.85. The summed E-state index contributed by atoms with van der Waals surface area (Å²) in [5.41, 5.74) is 0. The van der Waals surface area contributed by atoms with Crippen LogP contribution in [0.3, 0.4) is 0 Å². The standard InChI is InChI=1S/C10H13NO4S2/c1-7-2-3-9(16-7)17(14,15)11-5-4-8(6-11)10(12)13/h2-3,8H,4-6H2,1H3,(H,12,13). The number of carboxylic acid groups (broad SMARTS) is 1. The third kappa shape index (κ3) is 2.36. The van der Waals surface area contributed by atoms with E-state index < -0.39 is 21.9 Å². The van der Waals surface area contributed by atoms with Gasteiger partial charge >= 0.3 is 5.97 Å². The molecule has 0 amide bonds. The smallest absolute Gasteiger partial charge is 0.307 e. The molecule has 1 aliphatic heterocycles. The molecule has 94 valence electrons. The summed E-state index contributed by atoms with van der Waals surface area (Å²) in [6, 6.07) is 3.33. The highest BCUT2D eigenvalue weighted by atomic mass is 32.2. The summed E-state index contributed by atoms with van der Waals surface area (Å²) in [7, 11) is -3.50. The molecule has 7 heteroatoms. The lowest BCUT2D eigenvalue weighted by Gasteiger charge is -2.14. The van der Waals surface area contributed by atoms with Gasteiger partial charge in [0.25, 0.3) is 10.0 Å². The predicted octanol–water partition coefficient (Wildman–Crippen LogP) is 1.15. The van der Waals surface area contributed by atoms with Crippen LogP contribution in [0.1, 0.15) is 11.3 Å². The van der Waals surface area contributed by atoms with E-state index in [4.69, 9.17) is 5.11 Å². The van der Waals surface area contributed by atoms with Crippen LogP contribution in [-0.2, 0) is 14.8 Å². The van der Waals surface area contributed by atoms with E-state index in [0.717, 1.165) is 4.88 Å². The number of hydrogen-bond donors (Lipinski definition) is 1. The Balaban J connectivity index is 2.21. The number of rotatable bonds is 3. The Kier molecular flexibility index (Phi) is 3.24. The number of carboxylic acids is 1. The fourth-order valence-corrected chi connectivity index (χ4v) is 4.76. The lowest BCUT2D eigenvalue weighted by molar-refractivity contribution is -0.141. The molecule has 1 aromatic rings. The van der Waals surface area contributed by atoms with Crippen LogP contribution in [0, 0.1) is 12.8 Å². The van der Waals surface area contributed by atoms with E-state index in [2.05, 4.69) is 0 Å². The molecule has 1 unspecified atom stereocenters. The first-order chi connectivity index (χ1) is 7.91. The summed E-state index contributed by atoms with van der Waals surface area (Å²) in [5.74, 6) is -1.50. The van der Waals surface area contributed by atoms with E-state index in [1.165, 1.54) is 15.6 Å². The van der Waals surface area contributed by atoms with Gasteiger partial charge < -0.3 is 5.11 Å². The van der Waals surface area contributed by atoms with Gasteiger partial charge in [-0.05, 0) is 25.5 Å². The molecule has 1 N–H and O–H groups in total. The van der Waals surface area contributed by atoms with Crippen molar-refractivity contribution in [3.05, 3.63) is 17.0 Å². The molecule has 1 fully saturated rings. The zero-order chi connectivity index (χ0) is 12.6. The molecule has 17 heavy (non-hydrogen) atoms. The Morgan fingerprint density at radius 1 is 1.53 bits per heavy atom. The van der Waals surface area contributed by atoms with Crippen molar-refractivity contribution in [3.63, 3.8) is 0 Å². The van der Waals surface area contributed by atoms with Crippen LogP contribution >= 0.6 is 11.3 Å². The van der Waals surface area contributed by atoms with E-state index in [1.54, 1.807) is 12.1 Å². The number of aliphatic carboxylic acids is 1. The summed E-state index contributed by atoms with van der Waals surface area (Å²) < 4.78 is 25.9. The van der Waals surface area contributed by atoms with Crippen molar-refractivity contribution in [1.82, 2.24) is 4.31 Å². The molecule has 0 aliphatic carbocycles. The van der Waals surface area contributed by atoms with Crippen LogP contribution in [0.4, 0.5) is 0 Å². The molecule has 1 saturated heterocycles. The van der Waals surface area contributed by atoms with Gasteiger partial charge in [-0.1, -0.05) is 0 Å². The van der Waals surface area contributed by atoms with Gasteiger partial charge in [-0.2, -0.15) is 4.31 Å². The van der Waals surface area contributed by atoms with Gasteiger partial charge in [0.05, 0.1) is 5.92 Å². The van der Waals surface area contributed by atoms with Crippen LogP contribution in [0.15, 0.2) is 16.3 Å². The minimum atomic E-state index is -3.50. The minimum absolute atomic E-state index is 0.0780. The molecule has 2 rings (SSSR count). The fraction of sp³-hybridized carbons (Fsp3) is 0.500. The highest BCUT2D eigenvalue weighted by molar-refractivity contribution is 7.91. The molecule has 0 saturated carbocycles. The Bertz CT molecular complexity index is 534. The van der Waals surface area contributed by atoms with E-state index in [0.29, 0.717) is 10.6 Å². The van der Waals surface area contributed by atoms with Gasteiger partial charge in [0, 0.05) is 18.0 Å². The largest absolute Gasteiger partial charge is 0.481 e. The zero-order valence-electron chi connectivity index (χ0n) is 9.29. The molecule has 1 aromatic heterocycles. The molecule has 2 heterocycles.